The summed E-state index contributed by atoms with van der Waals surface area (Å²) in [6, 6.07) is 14.6. The fourth-order valence-corrected chi connectivity index (χ4v) is 4.69. The molecule has 1 heterocycles. The van der Waals surface area contributed by atoms with Gasteiger partial charge in [0.1, 0.15) is 23.4 Å². The topological polar surface area (TPSA) is 40.6 Å². The van der Waals surface area contributed by atoms with Gasteiger partial charge in [0.2, 0.25) is 0 Å². The summed E-state index contributed by atoms with van der Waals surface area (Å²) in [6.45, 7) is 6.47. The Kier molecular flexibility index (Phi) is 6.69. The Morgan fingerprint density at radius 3 is 2.34 bits per heavy atom. The largest absolute Gasteiger partial charge is 0.497 e. The van der Waals surface area contributed by atoms with Crippen LogP contribution in [-0.2, 0) is 19.3 Å². The molecule has 0 radical (unpaired) electrons. The number of ether oxygens (including phenoxy) is 3. The summed E-state index contributed by atoms with van der Waals surface area (Å²) in [5, 5.41) is 0. The highest BCUT2D eigenvalue weighted by Crippen LogP contribution is 2.42. The number of hydrogen-bond acceptors (Lipinski definition) is 4. The van der Waals surface area contributed by atoms with E-state index in [0.717, 1.165) is 71.9 Å². The Morgan fingerprint density at radius 1 is 0.938 bits per heavy atom. The van der Waals surface area contributed by atoms with Crippen LogP contribution in [0.5, 0.6) is 17.2 Å². The van der Waals surface area contributed by atoms with Crippen molar-refractivity contribution in [3.63, 3.8) is 0 Å². The molecule has 1 aromatic heterocycles. The van der Waals surface area contributed by atoms with Gasteiger partial charge in [-0.15, -0.1) is 0 Å². The molecule has 1 aliphatic rings. The second-order valence-electron chi connectivity index (χ2n) is 8.36. The molecule has 0 fully saturated rings. The van der Waals surface area contributed by atoms with Crippen molar-refractivity contribution >= 4 is 0 Å². The fourth-order valence-electron chi connectivity index (χ4n) is 4.69. The van der Waals surface area contributed by atoms with Crippen LogP contribution in [-0.4, -0.2) is 19.2 Å². The second kappa shape index (κ2) is 9.64. The quantitative estimate of drug-likeness (QED) is 0.420. The normalized spacial score (nSPS) is 15.2. The van der Waals surface area contributed by atoms with Crippen LogP contribution in [0.25, 0.3) is 11.3 Å². The van der Waals surface area contributed by atoms with Crippen molar-refractivity contribution in [3.8, 4) is 28.5 Å². The van der Waals surface area contributed by atoms with Crippen molar-refractivity contribution < 1.29 is 14.2 Å². The molecule has 3 aromatic rings. The molecule has 1 unspecified atom stereocenters. The molecule has 0 saturated carbocycles. The summed E-state index contributed by atoms with van der Waals surface area (Å²) in [4.78, 5) is 5.17. The lowest BCUT2D eigenvalue weighted by atomic mass is 9.89. The third kappa shape index (κ3) is 4.19. The molecule has 0 aliphatic heterocycles. The van der Waals surface area contributed by atoms with Crippen LogP contribution < -0.4 is 14.2 Å². The molecule has 0 N–H and O–H groups in total. The van der Waals surface area contributed by atoms with Gasteiger partial charge in [0.25, 0.3) is 0 Å². The minimum absolute atomic E-state index is 0.0897. The van der Waals surface area contributed by atoms with Gasteiger partial charge >= 0.3 is 0 Å². The van der Waals surface area contributed by atoms with Crippen LogP contribution in [0.2, 0.25) is 0 Å². The molecule has 2 aromatic carbocycles. The zero-order valence-corrected chi connectivity index (χ0v) is 19.8. The van der Waals surface area contributed by atoms with E-state index < -0.39 is 0 Å². The average molecular weight is 432 g/mol. The number of nitrogens with zero attached hydrogens (tertiary/aromatic N) is 1. The van der Waals surface area contributed by atoms with E-state index in [4.69, 9.17) is 19.2 Å². The number of methoxy groups -OCH3 is 2. The molecule has 4 nitrogen and oxygen atoms in total. The number of aryl methyl sites for hydroxylation is 4. The lowest BCUT2D eigenvalue weighted by Gasteiger charge is -2.29. The van der Waals surface area contributed by atoms with Crippen molar-refractivity contribution in [2.45, 2.75) is 59.0 Å². The van der Waals surface area contributed by atoms with Gasteiger partial charge in [-0.2, -0.15) is 0 Å². The number of aromatic nitrogens is 1. The first-order valence-corrected chi connectivity index (χ1v) is 11.6. The van der Waals surface area contributed by atoms with Crippen LogP contribution in [0.3, 0.4) is 0 Å². The molecule has 0 bridgehead atoms. The molecule has 0 spiro atoms. The van der Waals surface area contributed by atoms with Crippen LogP contribution in [0.1, 0.15) is 60.7 Å². The summed E-state index contributed by atoms with van der Waals surface area (Å²) in [5.41, 5.74) is 8.18. The number of rotatable bonds is 7. The standard InChI is InChI=1S/C28H33NO3/c1-6-19-10-8-11-20(7-2)27(19)23-17-26(31-5)28-22(29-23)12-9-13-24(28)32-25-16-21(30-4)15-14-18(25)3/h8,10-11,14-17,24H,6-7,9,12-13H2,1-5H3. The van der Waals surface area contributed by atoms with E-state index in [1.807, 2.05) is 18.2 Å². The number of benzene rings is 2. The zero-order chi connectivity index (χ0) is 22.7. The second-order valence-corrected chi connectivity index (χ2v) is 8.36. The van der Waals surface area contributed by atoms with E-state index in [-0.39, 0.29) is 6.10 Å². The average Bonchev–Trinajstić information content (AvgIpc) is 2.84. The monoisotopic (exact) mass is 431 g/mol. The van der Waals surface area contributed by atoms with Crippen LogP contribution in [0.15, 0.2) is 42.5 Å². The van der Waals surface area contributed by atoms with Gasteiger partial charge in [0.05, 0.1) is 31.2 Å². The molecule has 4 heteroatoms. The van der Waals surface area contributed by atoms with Crippen molar-refractivity contribution in [1.29, 1.82) is 0 Å². The van der Waals surface area contributed by atoms with E-state index in [9.17, 15) is 0 Å². The maximum Gasteiger partial charge on any atom is 0.129 e. The van der Waals surface area contributed by atoms with Crippen molar-refractivity contribution in [3.05, 3.63) is 70.4 Å². The van der Waals surface area contributed by atoms with E-state index in [0.29, 0.717) is 0 Å². The van der Waals surface area contributed by atoms with Crippen LogP contribution in [0.4, 0.5) is 0 Å². The molecular formula is C28H33NO3. The number of pyridine rings is 1. The van der Waals surface area contributed by atoms with Crippen molar-refractivity contribution in [2.24, 2.45) is 0 Å². The van der Waals surface area contributed by atoms with Crippen LogP contribution in [0, 0.1) is 6.92 Å². The lowest BCUT2D eigenvalue weighted by Crippen LogP contribution is -2.19. The van der Waals surface area contributed by atoms with Gasteiger partial charge in [0, 0.05) is 17.7 Å². The molecule has 4 rings (SSSR count). The van der Waals surface area contributed by atoms with Gasteiger partial charge < -0.3 is 14.2 Å². The van der Waals surface area contributed by atoms with E-state index in [1.165, 1.54) is 16.7 Å². The van der Waals surface area contributed by atoms with Crippen LogP contribution >= 0.6 is 0 Å². The van der Waals surface area contributed by atoms with Gasteiger partial charge in [-0.25, -0.2) is 0 Å². The highest BCUT2D eigenvalue weighted by Gasteiger charge is 2.29. The molecule has 168 valence electrons. The first-order valence-electron chi connectivity index (χ1n) is 11.6. The van der Waals surface area contributed by atoms with Crippen molar-refractivity contribution in [2.75, 3.05) is 14.2 Å². The SMILES string of the molecule is CCc1cccc(CC)c1-c1cc(OC)c2c(n1)CCCC2Oc1cc(OC)ccc1C. The van der Waals surface area contributed by atoms with Crippen molar-refractivity contribution in [1.82, 2.24) is 4.98 Å². The molecule has 1 aliphatic carbocycles. The number of hydrogen-bond donors (Lipinski definition) is 0. The highest BCUT2D eigenvalue weighted by molar-refractivity contribution is 5.70. The molecule has 0 saturated heterocycles. The maximum atomic E-state index is 6.53. The third-order valence-electron chi connectivity index (χ3n) is 6.44. The predicted octanol–water partition coefficient (Wildman–Crippen LogP) is 6.66. The summed E-state index contributed by atoms with van der Waals surface area (Å²) in [7, 11) is 3.42. The van der Waals surface area contributed by atoms with E-state index in [2.05, 4.69) is 45.0 Å². The van der Waals surface area contributed by atoms with Gasteiger partial charge in [-0.3, -0.25) is 4.98 Å². The van der Waals surface area contributed by atoms with Gasteiger partial charge in [0.15, 0.2) is 0 Å². The smallest absolute Gasteiger partial charge is 0.129 e. The Bertz CT molecular complexity index is 1070. The molecule has 32 heavy (non-hydrogen) atoms. The van der Waals surface area contributed by atoms with Gasteiger partial charge in [-0.05, 0) is 61.8 Å². The van der Waals surface area contributed by atoms with Gasteiger partial charge in [-0.1, -0.05) is 38.1 Å². The Balaban J connectivity index is 1.79. The summed E-state index contributed by atoms with van der Waals surface area (Å²) < 4.78 is 17.9. The molecular weight excluding hydrogens is 398 g/mol. The molecule has 1 atom stereocenters. The minimum atomic E-state index is -0.0897. The zero-order valence-electron chi connectivity index (χ0n) is 19.8. The predicted molar refractivity (Wildman–Crippen MR) is 129 cm³/mol. The third-order valence-corrected chi connectivity index (χ3v) is 6.44. The molecule has 0 amide bonds. The first kappa shape index (κ1) is 22.2. The highest BCUT2D eigenvalue weighted by atomic mass is 16.5. The summed E-state index contributed by atoms with van der Waals surface area (Å²) >= 11 is 0. The fraction of sp³-hybridized carbons (Fsp3) is 0.393. The maximum absolute atomic E-state index is 6.53. The van der Waals surface area contributed by atoms with E-state index in [1.54, 1.807) is 14.2 Å². The number of fused-ring (bicyclic) bond motifs is 1. The Morgan fingerprint density at radius 2 is 1.69 bits per heavy atom. The summed E-state index contributed by atoms with van der Waals surface area (Å²) in [5.74, 6) is 2.51. The lowest BCUT2D eigenvalue weighted by molar-refractivity contribution is 0.175. The summed E-state index contributed by atoms with van der Waals surface area (Å²) in [6.07, 6.45) is 4.78. The minimum Gasteiger partial charge on any atom is -0.497 e. The first-order chi connectivity index (χ1) is 15.6. The Labute approximate surface area is 191 Å². The Hall–Kier alpha value is -3.01. The van der Waals surface area contributed by atoms with E-state index >= 15 is 0 Å².